The second-order valence-corrected chi connectivity index (χ2v) is 8.80. The van der Waals surface area contributed by atoms with Gasteiger partial charge in [0.1, 0.15) is 4.70 Å². The number of carbonyl (C=O) groups is 2. The summed E-state index contributed by atoms with van der Waals surface area (Å²) in [7, 11) is 0. The van der Waals surface area contributed by atoms with Crippen LogP contribution in [0.15, 0.2) is 45.7 Å². The number of benzene rings is 1. The summed E-state index contributed by atoms with van der Waals surface area (Å²) in [5.74, 6) is -0.479. The molecule has 9 heteroatoms. The number of anilines is 1. The predicted octanol–water partition coefficient (Wildman–Crippen LogP) is 4.02. The molecule has 0 aliphatic rings. The van der Waals surface area contributed by atoms with E-state index >= 15 is 0 Å². The number of thioether (sulfide) groups is 1. The SMILES string of the molecule is CCOC(=O)c1ccccc1NC(=O)CSc1nc2ccsc2c(=O)n1CC(C)C. The van der Waals surface area contributed by atoms with Gasteiger partial charge in [-0.3, -0.25) is 14.2 Å². The van der Waals surface area contributed by atoms with Gasteiger partial charge >= 0.3 is 5.97 Å². The maximum atomic E-state index is 12.8. The van der Waals surface area contributed by atoms with Crippen LogP contribution in [0.3, 0.4) is 0 Å². The number of rotatable bonds is 8. The Hall–Kier alpha value is -2.65. The molecule has 0 radical (unpaired) electrons. The number of thiophene rings is 1. The van der Waals surface area contributed by atoms with E-state index in [0.717, 1.165) is 0 Å². The summed E-state index contributed by atoms with van der Waals surface area (Å²) in [6.07, 6.45) is 0. The maximum absolute atomic E-state index is 12.8. The third-order valence-corrected chi connectivity index (χ3v) is 5.98. The van der Waals surface area contributed by atoms with Gasteiger partial charge in [-0.25, -0.2) is 9.78 Å². The highest BCUT2D eigenvalue weighted by atomic mass is 32.2. The van der Waals surface area contributed by atoms with E-state index in [0.29, 0.717) is 33.2 Å². The van der Waals surface area contributed by atoms with Gasteiger partial charge in [0.15, 0.2) is 5.16 Å². The van der Waals surface area contributed by atoms with Gasteiger partial charge in [0.25, 0.3) is 5.56 Å². The molecule has 2 heterocycles. The number of amides is 1. The van der Waals surface area contributed by atoms with Crippen molar-refractivity contribution in [2.24, 2.45) is 5.92 Å². The number of nitrogens with zero attached hydrogens (tertiary/aromatic N) is 2. The number of carbonyl (C=O) groups excluding carboxylic acids is 2. The van der Waals surface area contributed by atoms with Gasteiger partial charge in [-0.2, -0.15) is 0 Å². The van der Waals surface area contributed by atoms with E-state index in [9.17, 15) is 14.4 Å². The normalized spacial score (nSPS) is 11.1. The molecule has 0 saturated heterocycles. The Morgan fingerprint density at radius 3 is 2.77 bits per heavy atom. The average Bonchev–Trinajstić information content (AvgIpc) is 3.18. The molecule has 0 bridgehead atoms. The summed E-state index contributed by atoms with van der Waals surface area (Å²) in [6.45, 7) is 6.55. The first-order chi connectivity index (χ1) is 14.4. The lowest BCUT2D eigenvalue weighted by Crippen LogP contribution is -2.25. The summed E-state index contributed by atoms with van der Waals surface area (Å²) in [5, 5.41) is 5.10. The number of aromatic nitrogens is 2. The largest absolute Gasteiger partial charge is 0.462 e. The van der Waals surface area contributed by atoms with Crippen molar-refractivity contribution in [1.82, 2.24) is 9.55 Å². The van der Waals surface area contributed by atoms with Crippen LogP contribution >= 0.6 is 23.1 Å². The van der Waals surface area contributed by atoms with Crippen LogP contribution in [-0.2, 0) is 16.1 Å². The molecule has 0 atom stereocenters. The first-order valence-electron chi connectivity index (χ1n) is 9.57. The first-order valence-corrected chi connectivity index (χ1v) is 11.4. The Balaban J connectivity index is 1.78. The van der Waals surface area contributed by atoms with Crippen LogP contribution in [0.2, 0.25) is 0 Å². The van der Waals surface area contributed by atoms with Crippen LogP contribution in [0.4, 0.5) is 5.69 Å². The smallest absolute Gasteiger partial charge is 0.340 e. The standard InChI is InChI=1S/C21H23N3O4S2/c1-4-28-20(27)14-7-5-6-8-15(14)22-17(25)12-30-21-23-16-9-10-29-18(16)19(26)24(21)11-13(2)3/h5-10,13H,4,11-12H2,1-3H3,(H,22,25). The lowest BCUT2D eigenvalue weighted by molar-refractivity contribution is -0.113. The molecule has 7 nitrogen and oxygen atoms in total. The van der Waals surface area contributed by atoms with Gasteiger partial charge in [-0.15, -0.1) is 11.3 Å². The van der Waals surface area contributed by atoms with Crippen molar-refractivity contribution in [1.29, 1.82) is 0 Å². The number of esters is 1. The molecule has 3 aromatic rings. The number of fused-ring (bicyclic) bond motifs is 1. The fourth-order valence-corrected chi connectivity index (χ4v) is 4.44. The van der Waals surface area contributed by atoms with Crippen LogP contribution in [0, 0.1) is 5.92 Å². The van der Waals surface area contributed by atoms with Gasteiger partial charge in [-0.1, -0.05) is 37.7 Å². The van der Waals surface area contributed by atoms with Crippen LogP contribution in [-0.4, -0.2) is 33.8 Å². The van der Waals surface area contributed by atoms with Gasteiger partial charge in [0.05, 0.1) is 29.1 Å². The molecule has 0 fully saturated rings. The van der Waals surface area contributed by atoms with Crippen LogP contribution < -0.4 is 10.9 Å². The molecule has 158 valence electrons. The fraction of sp³-hybridized carbons (Fsp3) is 0.333. The molecule has 3 rings (SSSR count). The lowest BCUT2D eigenvalue weighted by atomic mass is 10.2. The quantitative estimate of drug-likeness (QED) is 0.320. The lowest BCUT2D eigenvalue weighted by Gasteiger charge is -2.14. The highest BCUT2D eigenvalue weighted by molar-refractivity contribution is 7.99. The summed E-state index contributed by atoms with van der Waals surface area (Å²) in [4.78, 5) is 42.0. The number of para-hydroxylation sites is 1. The summed E-state index contributed by atoms with van der Waals surface area (Å²) < 4.78 is 7.29. The molecule has 0 aliphatic carbocycles. The molecule has 30 heavy (non-hydrogen) atoms. The Morgan fingerprint density at radius 2 is 2.03 bits per heavy atom. The van der Waals surface area contributed by atoms with E-state index in [1.54, 1.807) is 41.8 Å². The van der Waals surface area contributed by atoms with Gasteiger partial charge in [0.2, 0.25) is 5.91 Å². The minimum Gasteiger partial charge on any atom is -0.462 e. The monoisotopic (exact) mass is 445 g/mol. The van der Waals surface area contributed by atoms with Crippen molar-refractivity contribution in [3.05, 3.63) is 51.6 Å². The highest BCUT2D eigenvalue weighted by Gasteiger charge is 2.17. The third-order valence-electron chi connectivity index (χ3n) is 4.11. The van der Waals surface area contributed by atoms with Crippen molar-refractivity contribution in [2.75, 3.05) is 17.7 Å². The third kappa shape index (κ3) is 5.09. The molecule has 1 amide bonds. The predicted molar refractivity (Wildman–Crippen MR) is 120 cm³/mol. The zero-order chi connectivity index (χ0) is 21.7. The fourth-order valence-electron chi connectivity index (χ4n) is 2.86. The molecular formula is C21H23N3O4S2. The van der Waals surface area contributed by atoms with Crippen molar-refractivity contribution >= 4 is 50.9 Å². The van der Waals surface area contributed by atoms with E-state index < -0.39 is 5.97 Å². The highest BCUT2D eigenvalue weighted by Crippen LogP contribution is 2.22. The molecule has 1 N–H and O–H groups in total. The van der Waals surface area contributed by atoms with Crippen LogP contribution in [0.1, 0.15) is 31.1 Å². The average molecular weight is 446 g/mol. The minimum atomic E-state index is -0.489. The van der Waals surface area contributed by atoms with Gasteiger partial charge in [0, 0.05) is 6.54 Å². The molecule has 1 aromatic carbocycles. The first kappa shape index (κ1) is 22.0. The second-order valence-electron chi connectivity index (χ2n) is 6.94. The number of hydrogen-bond donors (Lipinski definition) is 1. The number of ether oxygens (including phenoxy) is 1. The van der Waals surface area contributed by atoms with E-state index in [2.05, 4.69) is 10.3 Å². The van der Waals surface area contributed by atoms with Crippen molar-refractivity contribution in [3.8, 4) is 0 Å². The second kappa shape index (κ2) is 9.90. The van der Waals surface area contributed by atoms with Gasteiger partial charge in [-0.05, 0) is 36.4 Å². The van der Waals surface area contributed by atoms with Crippen LogP contribution in [0.5, 0.6) is 0 Å². The van der Waals surface area contributed by atoms with Crippen molar-refractivity contribution < 1.29 is 14.3 Å². The topological polar surface area (TPSA) is 90.3 Å². The van der Waals surface area contributed by atoms with E-state index in [4.69, 9.17) is 4.74 Å². The molecular weight excluding hydrogens is 422 g/mol. The van der Waals surface area contributed by atoms with Crippen molar-refractivity contribution in [2.45, 2.75) is 32.5 Å². The summed E-state index contributed by atoms with van der Waals surface area (Å²) in [6, 6.07) is 8.51. The van der Waals surface area contributed by atoms with E-state index in [1.807, 2.05) is 19.2 Å². The van der Waals surface area contributed by atoms with Crippen molar-refractivity contribution in [3.63, 3.8) is 0 Å². The van der Waals surface area contributed by atoms with E-state index in [1.165, 1.54) is 23.1 Å². The van der Waals surface area contributed by atoms with Gasteiger partial charge < -0.3 is 10.1 Å². The van der Waals surface area contributed by atoms with Crippen LogP contribution in [0.25, 0.3) is 10.2 Å². The summed E-state index contributed by atoms with van der Waals surface area (Å²) in [5.41, 5.74) is 1.24. The zero-order valence-corrected chi connectivity index (χ0v) is 18.6. The molecule has 0 spiro atoms. The Bertz CT molecular complexity index is 1120. The molecule has 0 saturated carbocycles. The number of nitrogens with one attached hydrogen (secondary N) is 1. The maximum Gasteiger partial charge on any atom is 0.340 e. The number of hydrogen-bond acceptors (Lipinski definition) is 7. The Morgan fingerprint density at radius 1 is 1.27 bits per heavy atom. The Labute approximate surface area is 182 Å². The summed E-state index contributed by atoms with van der Waals surface area (Å²) >= 11 is 2.57. The molecule has 0 unspecified atom stereocenters. The molecule has 2 aromatic heterocycles. The Kier molecular flexibility index (Phi) is 7.28. The van der Waals surface area contributed by atoms with E-state index in [-0.39, 0.29) is 29.7 Å². The zero-order valence-electron chi connectivity index (χ0n) is 17.0. The molecule has 0 aliphatic heterocycles. The minimum absolute atomic E-state index is 0.0529.